The molecule has 0 aliphatic rings. The van der Waals surface area contributed by atoms with Gasteiger partial charge in [0.25, 0.3) is 0 Å². The maximum Gasteiger partial charge on any atom is 0.193 e. The highest BCUT2D eigenvalue weighted by Gasteiger charge is 2.23. The predicted molar refractivity (Wildman–Crippen MR) is 99.2 cm³/mol. The van der Waals surface area contributed by atoms with Crippen LogP contribution in [-0.2, 0) is 18.4 Å². The fraction of sp³-hybridized carbons (Fsp3) is 0.389. The molecule has 1 aromatic carbocycles. The summed E-state index contributed by atoms with van der Waals surface area (Å²) in [5.41, 5.74) is 8.51. The van der Waals surface area contributed by atoms with E-state index in [1.807, 2.05) is 17.5 Å². The molecule has 1 heterocycles. The fourth-order valence-corrected chi connectivity index (χ4v) is 3.25. The molecule has 4 N–H and O–H groups in total. The molecule has 5 heteroatoms. The van der Waals surface area contributed by atoms with Crippen molar-refractivity contribution >= 4 is 23.0 Å². The Bertz CT molecular complexity index is 641. The monoisotopic (exact) mass is 331 g/mol. The third kappa shape index (κ3) is 4.33. The number of rotatable bonds is 6. The van der Waals surface area contributed by atoms with E-state index in [0.29, 0.717) is 5.96 Å². The second-order valence-corrected chi connectivity index (χ2v) is 6.68. The van der Waals surface area contributed by atoms with Crippen LogP contribution in [0.4, 0.5) is 5.69 Å². The summed E-state index contributed by atoms with van der Waals surface area (Å²) in [7, 11) is 0. The number of hydrogen-bond donors (Lipinski definition) is 3. The van der Waals surface area contributed by atoms with E-state index in [4.69, 9.17) is 5.73 Å². The normalized spacial score (nSPS) is 14.5. The fourth-order valence-electron chi connectivity index (χ4n) is 2.47. The van der Waals surface area contributed by atoms with E-state index in [2.05, 4.69) is 42.4 Å². The number of hydrogen-bond acceptors (Lipinski definition) is 3. The van der Waals surface area contributed by atoms with E-state index in [0.717, 1.165) is 23.4 Å². The van der Waals surface area contributed by atoms with Gasteiger partial charge in [0.1, 0.15) is 5.60 Å². The quantitative estimate of drug-likeness (QED) is 0.560. The van der Waals surface area contributed by atoms with Gasteiger partial charge in [-0.2, -0.15) is 0 Å². The molecule has 1 aromatic heterocycles. The Morgan fingerprint density at radius 1 is 1.22 bits per heavy atom. The van der Waals surface area contributed by atoms with E-state index in [9.17, 15) is 5.11 Å². The molecule has 2 rings (SSSR count). The van der Waals surface area contributed by atoms with Gasteiger partial charge in [-0.3, -0.25) is 0 Å². The molecule has 0 aliphatic carbocycles. The van der Waals surface area contributed by atoms with Gasteiger partial charge in [-0.05, 0) is 42.3 Å². The van der Waals surface area contributed by atoms with Crippen LogP contribution in [0.3, 0.4) is 0 Å². The molecule has 0 saturated heterocycles. The van der Waals surface area contributed by atoms with Crippen molar-refractivity contribution in [1.29, 1.82) is 0 Å². The first-order valence-electron chi connectivity index (χ1n) is 7.92. The third-order valence-corrected chi connectivity index (χ3v) is 4.98. The number of nitrogens with zero attached hydrogens (tertiary/aromatic N) is 1. The number of aliphatic imine (C=N–C) groups is 1. The summed E-state index contributed by atoms with van der Waals surface area (Å²) in [6, 6.07) is 10.1. The van der Waals surface area contributed by atoms with Crippen LogP contribution < -0.4 is 11.1 Å². The van der Waals surface area contributed by atoms with Crippen LogP contribution in [0.1, 0.15) is 36.8 Å². The van der Waals surface area contributed by atoms with Gasteiger partial charge in [0.2, 0.25) is 0 Å². The maximum absolute atomic E-state index is 10.5. The van der Waals surface area contributed by atoms with Gasteiger partial charge >= 0.3 is 0 Å². The number of guanidine groups is 1. The molecule has 0 fully saturated rings. The molecule has 0 radical (unpaired) electrons. The zero-order valence-electron chi connectivity index (χ0n) is 14.0. The lowest BCUT2D eigenvalue weighted by molar-refractivity contribution is 0.0713. The smallest absolute Gasteiger partial charge is 0.193 e. The zero-order valence-corrected chi connectivity index (χ0v) is 14.8. The summed E-state index contributed by atoms with van der Waals surface area (Å²) >= 11 is 1.52. The Morgan fingerprint density at radius 2 is 1.87 bits per heavy atom. The Kier molecular flexibility index (Phi) is 5.80. The van der Waals surface area contributed by atoms with Gasteiger partial charge in [0.15, 0.2) is 5.96 Å². The number of thiophene rings is 1. The molecule has 0 aliphatic heterocycles. The maximum atomic E-state index is 10.5. The summed E-state index contributed by atoms with van der Waals surface area (Å²) < 4.78 is 0. The molecule has 124 valence electrons. The highest BCUT2D eigenvalue weighted by Crippen LogP contribution is 2.26. The summed E-state index contributed by atoms with van der Waals surface area (Å²) in [5.74, 6) is 0.331. The van der Waals surface area contributed by atoms with E-state index in [-0.39, 0.29) is 6.54 Å². The number of benzene rings is 1. The first-order valence-corrected chi connectivity index (χ1v) is 8.80. The molecule has 1 atom stereocenters. The Balaban J connectivity index is 2.14. The molecule has 1 unspecified atom stereocenters. The summed E-state index contributed by atoms with van der Waals surface area (Å²) in [5, 5.41) is 15.7. The van der Waals surface area contributed by atoms with Crippen molar-refractivity contribution in [3.05, 3.63) is 51.7 Å². The standard InChI is InChI=1S/C18H25N3OS/c1-4-13-8-6-9-14(5-2)16(13)21-17(19)20-12-18(3,22)15-10-7-11-23-15/h6-11,22H,4-5,12H2,1-3H3,(H3,19,20,21). The zero-order chi connectivity index (χ0) is 16.9. The van der Waals surface area contributed by atoms with Gasteiger partial charge in [0.05, 0.1) is 6.54 Å². The molecular formula is C18H25N3OS. The van der Waals surface area contributed by atoms with Gasteiger partial charge in [-0.25, -0.2) is 4.99 Å². The first kappa shape index (κ1) is 17.5. The molecule has 2 aromatic rings. The highest BCUT2D eigenvalue weighted by molar-refractivity contribution is 7.10. The lowest BCUT2D eigenvalue weighted by Crippen LogP contribution is -2.29. The molecule has 0 saturated carbocycles. The lowest BCUT2D eigenvalue weighted by Gasteiger charge is -2.20. The molecule has 0 spiro atoms. The topological polar surface area (TPSA) is 70.6 Å². The van der Waals surface area contributed by atoms with Crippen LogP contribution in [0.5, 0.6) is 0 Å². The van der Waals surface area contributed by atoms with Gasteiger partial charge < -0.3 is 16.2 Å². The van der Waals surface area contributed by atoms with Gasteiger partial charge in [-0.15, -0.1) is 11.3 Å². The van der Waals surface area contributed by atoms with Crippen molar-refractivity contribution in [1.82, 2.24) is 0 Å². The number of aliphatic hydroxyl groups is 1. The Morgan fingerprint density at radius 3 is 2.39 bits per heavy atom. The van der Waals surface area contributed by atoms with Crippen LogP contribution in [-0.4, -0.2) is 17.6 Å². The largest absolute Gasteiger partial charge is 0.383 e. The number of anilines is 1. The Hall–Kier alpha value is -1.85. The van der Waals surface area contributed by atoms with Crippen LogP contribution in [0, 0.1) is 0 Å². The van der Waals surface area contributed by atoms with E-state index < -0.39 is 5.60 Å². The van der Waals surface area contributed by atoms with Crippen LogP contribution in [0.25, 0.3) is 0 Å². The molecular weight excluding hydrogens is 306 g/mol. The van der Waals surface area contributed by atoms with E-state index >= 15 is 0 Å². The van der Waals surface area contributed by atoms with Gasteiger partial charge in [0, 0.05) is 10.6 Å². The second-order valence-electron chi connectivity index (χ2n) is 5.74. The third-order valence-electron chi connectivity index (χ3n) is 3.86. The van der Waals surface area contributed by atoms with Crippen molar-refractivity contribution < 1.29 is 5.11 Å². The van der Waals surface area contributed by atoms with Crippen molar-refractivity contribution in [2.45, 2.75) is 39.2 Å². The molecule has 23 heavy (non-hydrogen) atoms. The second kappa shape index (κ2) is 7.62. The highest BCUT2D eigenvalue weighted by atomic mass is 32.1. The number of nitrogens with two attached hydrogens (primary N) is 1. The van der Waals surface area contributed by atoms with Crippen molar-refractivity contribution in [2.75, 3.05) is 11.9 Å². The molecule has 0 bridgehead atoms. The number of para-hydroxylation sites is 1. The summed E-state index contributed by atoms with van der Waals surface area (Å²) in [6.45, 7) is 6.22. The Labute approximate surface area is 142 Å². The van der Waals surface area contributed by atoms with Crippen LogP contribution >= 0.6 is 11.3 Å². The summed E-state index contributed by atoms with van der Waals surface area (Å²) in [6.07, 6.45) is 1.85. The average molecular weight is 331 g/mol. The molecule has 4 nitrogen and oxygen atoms in total. The van der Waals surface area contributed by atoms with Gasteiger partial charge in [-0.1, -0.05) is 38.1 Å². The minimum Gasteiger partial charge on any atom is -0.383 e. The number of aryl methyl sites for hydroxylation is 2. The SMILES string of the molecule is CCc1cccc(CC)c1NC(N)=NCC(C)(O)c1cccs1. The van der Waals surface area contributed by atoms with E-state index in [1.54, 1.807) is 6.92 Å². The van der Waals surface area contributed by atoms with E-state index in [1.165, 1.54) is 22.5 Å². The summed E-state index contributed by atoms with van der Waals surface area (Å²) in [4.78, 5) is 5.22. The number of nitrogens with one attached hydrogen (secondary N) is 1. The van der Waals surface area contributed by atoms with Crippen LogP contribution in [0.2, 0.25) is 0 Å². The first-order chi connectivity index (χ1) is 11.0. The minimum atomic E-state index is -1.00. The van der Waals surface area contributed by atoms with Crippen molar-refractivity contribution in [3.8, 4) is 0 Å². The minimum absolute atomic E-state index is 0.224. The predicted octanol–water partition coefficient (Wildman–Crippen LogP) is 3.51. The molecule has 0 amide bonds. The average Bonchev–Trinajstić information content (AvgIpc) is 3.08. The van der Waals surface area contributed by atoms with Crippen molar-refractivity contribution in [2.24, 2.45) is 10.7 Å². The lowest BCUT2D eigenvalue weighted by atomic mass is 10.0. The van der Waals surface area contributed by atoms with Crippen LogP contribution in [0.15, 0.2) is 40.7 Å². The van der Waals surface area contributed by atoms with Crippen molar-refractivity contribution in [3.63, 3.8) is 0 Å².